The van der Waals surface area contributed by atoms with Crippen molar-refractivity contribution < 1.29 is 9.53 Å². The average Bonchev–Trinajstić information content (AvgIpc) is 2.53. The van der Waals surface area contributed by atoms with Crippen LogP contribution in [0.25, 0.3) is 0 Å². The Morgan fingerprint density at radius 1 is 1.43 bits per heavy atom. The van der Waals surface area contributed by atoms with Crippen LogP contribution in [0.15, 0.2) is 30.3 Å². The van der Waals surface area contributed by atoms with E-state index in [9.17, 15) is 4.79 Å². The van der Waals surface area contributed by atoms with Crippen LogP contribution in [0.4, 0.5) is 0 Å². The van der Waals surface area contributed by atoms with Gasteiger partial charge in [0.15, 0.2) is 0 Å². The fraction of sp³-hybridized carbons (Fsp3) is 0.588. The lowest BCUT2D eigenvalue weighted by Crippen LogP contribution is -2.44. The number of amides is 1. The number of morpholine rings is 1. The van der Waals surface area contributed by atoms with E-state index in [1.165, 1.54) is 5.56 Å². The standard InChI is InChI=1S/C17H26N2O2/c1-3-14(2)19(13-15-7-5-4-6-8-15)17(20)11-16-12-18-9-10-21-16/h4-8,14,16,18H,3,9-13H2,1-2H3. The van der Waals surface area contributed by atoms with Gasteiger partial charge < -0.3 is 15.0 Å². The highest BCUT2D eigenvalue weighted by molar-refractivity contribution is 5.77. The zero-order valence-corrected chi connectivity index (χ0v) is 13.0. The number of hydrogen-bond acceptors (Lipinski definition) is 3. The number of carbonyl (C=O) groups excluding carboxylic acids is 1. The molecule has 1 aromatic rings. The molecule has 1 aliphatic heterocycles. The minimum absolute atomic E-state index is 0.00794. The lowest BCUT2D eigenvalue weighted by molar-refractivity contribution is -0.137. The maximum Gasteiger partial charge on any atom is 0.225 e. The molecule has 4 heteroatoms. The van der Waals surface area contributed by atoms with Crippen molar-refractivity contribution in [2.24, 2.45) is 0 Å². The third-order valence-electron chi connectivity index (χ3n) is 4.05. The van der Waals surface area contributed by atoms with Gasteiger partial charge in [0.25, 0.3) is 0 Å². The maximum absolute atomic E-state index is 12.6. The van der Waals surface area contributed by atoms with Crippen LogP contribution in [0.3, 0.4) is 0 Å². The molecule has 0 bridgehead atoms. The second kappa shape index (κ2) is 8.15. The summed E-state index contributed by atoms with van der Waals surface area (Å²) in [5.41, 5.74) is 1.17. The van der Waals surface area contributed by atoms with Crippen molar-refractivity contribution >= 4 is 5.91 Å². The summed E-state index contributed by atoms with van der Waals surface area (Å²) in [5.74, 6) is 0.182. The third kappa shape index (κ3) is 4.83. The molecule has 0 radical (unpaired) electrons. The summed E-state index contributed by atoms with van der Waals surface area (Å²) in [6.07, 6.45) is 1.43. The van der Waals surface area contributed by atoms with E-state index in [1.54, 1.807) is 0 Å². The van der Waals surface area contributed by atoms with Gasteiger partial charge in [-0.05, 0) is 18.9 Å². The van der Waals surface area contributed by atoms with Gasteiger partial charge in [-0.1, -0.05) is 37.3 Å². The first-order valence-electron chi connectivity index (χ1n) is 7.86. The monoisotopic (exact) mass is 290 g/mol. The Balaban J connectivity index is 1.99. The molecule has 0 spiro atoms. The molecule has 0 aromatic heterocycles. The van der Waals surface area contributed by atoms with Crippen LogP contribution in [0.5, 0.6) is 0 Å². The average molecular weight is 290 g/mol. The Labute approximate surface area is 127 Å². The van der Waals surface area contributed by atoms with Gasteiger partial charge in [-0.25, -0.2) is 0 Å². The maximum atomic E-state index is 12.6. The van der Waals surface area contributed by atoms with Crippen molar-refractivity contribution in [3.05, 3.63) is 35.9 Å². The summed E-state index contributed by atoms with van der Waals surface area (Å²) in [6.45, 7) is 7.25. The molecule has 21 heavy (non-hydrogen) atoms. The SMILES string of the molecule is CCC(C)N(Cc1ccccc1)C(=O)CC1CNCCO1. The van der Waals surface area contributed by atoms with Gasteiger partial charge in [-0.3, -0.25) is 4.79 Å². The molecule has 1 fully saturated rings. The molecule has 1 heterocycles. The van der Waals surface area contributed by atoms with Crippen LogP contribution in [0.1, 0.15) is 32.3 Å². The number of carbonyl (C=O) groups is 1. The van der Waals surface area contributed by atoms with Crippen LogP contribution in [0, 0.1) is 0 Å². The molecule has 1 saturated heterocycles. The van der Waals surface area contributed by atoms with Crippen molar-refractivity contribution in [3.8, 4) is 0 Å². The summed E-state index contributed by atoms with van der Waals surface area (Å²) in [6, 6.07) is 10.4. The Morgan fingerprint density at radius 2 is 2.19 bits per heavy atom. The highest BCUT2D eigenvalue weighted by Gasteiger charge is 2.24. The fourth-order valence-corrected chi connectivity index (χ4v) is 2.55. The van der Waals surface area contributed by atoms with E-state index in [2.05, 4.69) is 31.3 Å². The Morgan fingerprint density at radius 3 is 2.81 bits per heavy atom. The van der Waals surface area contributed by atoms with E-state index in [0.29, 0.717) is 19.6 Å². The van der Waals surface area contributed by atoms with E-state index in [0.717, 1.165) is 19.5 Å². The second-order valence-corrected chi connectivity index (χ2v) is 5.67. The molecule has 0 aliphatic carbocycles. The summed E-state index contributed by atoms with van der Waals surface area (Å²) < 4.78 is 5.65. The number of ether oxygens (including phenoxy) is 1. The molecular formula is C17H26N2O2. The number of benzene rings is 1. The van der Waals surface area contributed by atoms with E-state index >= 15 is 0 Å². The third-order valence-corrected chi connectivity index (χ3v) is 4.05. The minimum atomic E-state index is 0.00794. The van der Waals surface area contributed by atoms with Gasteiger partial charge in [-0.15, -0.1) is 0 Å². The number of nitrogens with one attached hydrogen (secondary N) is 1. The molecule has 2 rings (SSSR count). The molecule has 1 aliphatic rings. The highest BCUT2D eigenvalue weighted by atomic mass is 16.5. The topological polar surface area (TPSA) is 41.6 Å². The van der Waals surface area contributed by atoms with Crippen LogP contribution in [0.2, 0.25) is 0 Å². The van der Waals surface area contributed by atoms with Crippen LogP contribution in [-0.2, 0) is 16.1 Å². The Bertz CT molecular complexity index is 430. The van der Waals surface area contributed by atoms with Gasteiger partial charge in [-0.2, -0.15) is 0 Å². The molecular weight excluding hydrogens is 264 g/mol. The van der Waals surface area contributed by atoms with E-state index in [4.69, 9.17) is 4.74 Å². The first-order valence-corrected chi connectivity index (χ1v) is 7.86. The van der Waals surface area contributed by atoms with Crippen molar-refractivity contribution in [1.29, 1.82) is 0 Å². The van der Waals surface area contributed by atoms with Crippen LogP contribution >= 0.6 is 0 Å². The number of hydrogen-bond donors (Lipinski definition) is 1. The summed E-state index contributed by atoms with van der Waals surface area (Å²) in [4.78, 5) is 14.6. The van der Waals surface area contributed by atoms with E-state index in [-0.39, 0.29) is 18.1 Å². The van der Waals surface area contributed by atoms with Crippen molar-refractivity contribution in [2.75, 3.05) is 19.7 Å². The summed E-state index contributed by atoms with van der Waals surface area (Å²) in [7, 11) is 0. The fourth-order valence-electron chi connectivity index (χ4n) is 2.55. The molecule has 2 unspecified atom stereocenters. The smallest absolute Gasteiger partial charge is 0.225 e. The molecule has 116 valence electrons. The highest BCUT2D eigenvalue weighted by Crippen LogP contribution is 2.14. The van der Waals surface area contributed by atoms with E-state index in [1.807, 2.05) is 23.1 Å². The van der Waals surface area contributed by atoms with Crippen molar-refractivity contribution in [3.63, 3.8) is 0 Å². The second-order valence-electron chi connectivity index (χ2n) is 5.67. The van der Waals surface area contributed by atoms with Gasteiger partial charge >= 0.3 is 0 Å². The quantitative estimate of drug-likeness (QED) is 0.873. The van der Waals surface area contributed by atoms with Gasteiger partial charge in [0.05, 0.1) is 19.1 Å². The molecule has 0 saturated carbocycles. The van der Waals surface area contributed by atoms with Crippen molar-refractivity contribution in [2.45, 2.75) is 45.4 Å². The Hall–Kier alpha value is -1.39. The number of rotatable bonds is 6. The van der Waals surface area contributed by atoms with E-state index < -0.39 is 0 Å². The Kier molecular flexibility index (Phi) is 6.21. The molecule has 2 atom stereocenters. The first-order chi connectivity index (χ1) is 10.2. The zero-order chi connectivity index (χ0) is 15.1. The van der Waals surface area contributed by atoms with Gasteiger partial charge in [0.1, 0.15) is 0 Å². The molecule has 4 nitrogen and oxygen atoms in total. The normalized spacial score (nSPS) is 20.0. The van der Waals surface area contributed by atoms with Crippen LogP contribution in [-0.4, -0.2) is 42.6 Å². The van der Waals surface area contributed by atoms with Crippen LogP contribution < -0.4 is 5.32 Å². The molecule has 1 N–H and O–H groups in total. The summed E-state index contributed by atoms with van der Waals surface area (Å²) in [5, 5.41) is 3.28. The van der Waals surface area contributed by atoms with Gasteiger partial charge in [0, 0.05) is 25.7 Å². The minimum Gasteiger partial charge on any atom is -0.375 e. The summed E-state index contributed by atoms with van der Waals surface area (Å²) >= 11 is 0. The van der Waals surface area contributed by atoms with Gasteiger partial charge in [0.2, 0.25) is 5.91 Å². The molecule has 1 amide bonds. The zero-order valence-electron chi connectivity index (χ0n) is 13.0. The lowest BCUT2D eigenvalue weighted by atomic mass is 10.1. The van der Waals surface area contributed by atoms with Crippen molar-refractivity contribution in [1.82, 2.24) is 10.2 Å². The molecule has 1 aromatic carbocycles. The predicted molar refractivity (Wildman–Crippen MR) is 84.0 cm³/mol. The predicted octanol–water partition coefficient (Wildman–Crippen LogP) is 2.19. The number of nitrogens with zero attached hydrogens (tertiary/aromatic N) is 1. The first kappa shape index (κ1) is 16.0. The largest absolute Gasteiger partial charge is 0.375 e. The lowest BCUT2D eigenvalue weighted by Gasteiger charge is -2.31.